The molecule has 1 aliphatic heterocycles. The minimum atomic E-state index is -1.10. The summed E-state index contributed by atoms with van der Waals surface area (Å²) in [4.78, 5) is 12.6. The van der Waals surface area contributed by atoms with Gasteiger partial charge in [-0.3, -0.25) is 0 Å². The molecule has 0 unspecified atom stereocenters. The number of aryl methyl sites for hydroxylation is 1. The van der Waals surface area contributed by atoms with Crippen molar-refractivity contribution in [2.45, 2.75) is 38.9 Å². The molecular weight excluding hydrogens is 336 g/mol. The highest BCUT2D eigenvalue weighted by Gasteiger charge is 2.38. The van der Waals surface area contributed by atoms with E-state index in [4.69, 9.17) is 13.9 Å². The Bertz CT molecular complexity index is 1100. The Morgan fingerprint density at radius 2 is 1.96 bits per heavy atom. The summed E-state index contributed by atoms with van der Waals surface area (Å²) in [5.41, 5.74) is -0.0730. The topological polar surface area (TPSA) is 89.1 Å². The minimum Gasteiger partial charge on any atom is -0.507 e. The number of ether oxygens (including phenoxy) is 2. The van der Waals surface area contributed by atoms with E-state index in [9.17, 15) is 15.0 Å². The van der Waals surface area contributed by atoms with Gasteiger partial charge in [0.05, 0.1) is 29.0 Å². The van der Waals surface area contributed by atoms with Gasteiger partial charge in [0.2, 0.25) is 0 Å². The summed E-state index contributed by atoms with van der Waals surface area (Å²) >= 11 is 0. The van der Waals surface area contributed by atoms with Crippen molar-refractivity contribution >= 4 is 21.7 Å². The van der Waals surface area contributed by atoms with E-state index in [2.05, 4.69) is 0 Å². The molecule has 26 heavy (non-hydrogen) atoms. The number of hydrogen-bond donors (Lipinski definition) is 2. The summed E-state index contributed by atoms with van der Waals surface area (Å²) in [5, 5.41) is 22.5. The number of phenols is 1. The van der Waals surface area contributed by atoms with Gasteiger partial charge in [-0.2, -0.15) is 0 Å². The lowest BCUT2D eigenvalue weighted by Gasteiger charge is -2.24. The molecule has 6 heteroatoms. The first-order valence-electron chi connectivity index (χ1n) is 8.39. The van der Waals surface area contributed by atoms with E-state index in [0.29, 0.717) is 33.2 Å². The molecule has 6 nitrogen and oxygen atoms in total. The largest absolute Gasteiger partial charge is 0.507 e. The summed E-state index contributed by atoms with van der Waals surface area (Å²) < 4.78 is 16.8. The zero-order chi connectivity index (χ0) is 18.8. The van der Waals surface area contributed by atoms with E-state index < -0.39 is 17.3 Å². The molecule has 0 bridgehead atoms. The maximum atomic E-state index is 12.6. The third-order valence-electron chi connectivity index (χ3n) is 4.96. The fourth-order valence-corrected chi connectivity index (χ4v) is 3.56. The van der Waals surface area contributed by atoms with Crippen LogP contribution in [-0.2, 0) is 6.42 Å². The van der Waals surface area contributed by atoms with Crippen LogP contribution in [0.4, 0.5) is 0 Å². The van der Waals surface area contributed by atoms with Crippen molar-refractivity contribution < 1.29 is 24.1 Å². The number of hydrogen-bond acceptors (Lipinski definition) is 6. The van der Waals surface area contributed by atoms with Crippen LogP contribution >= 0.6 is 0 Å². The Labute approximate surface area is 149 Å². The number of fused-ring (bicyclic) bond motifs is 5. The predicted molar refractivity (Wildman–Crippen MR) is 97.4 cm³/mol. The predicted octanol–water partition coefficient (Wildman–Crippen LogP) is 3.04. The molecule has 0 spiro atoms. The van der Waals surface area contributed by atoms with Crippen LogP contribution in [0.15, 0.2) is 27.4 Å². The van der Waals surface area contributed by atoms with Gasteiger partial charge in [-0.1, -0.05) is 6.07 Å². The van der Waals surface area contributed by atoms with Gasteiger partial charge in [0.15, 0.2) is 5.58 Å². The van der Waals surface area contributed by atoms with Crippen LogP contribution in [-0.4, -0.2) is 29.0 Å². The Morgan fingerprint density at radius 1 is 1.23 bits per heavy atom. The monoisotopic (exact) mass is 356 g/mol. The fourth-order valence-electron chi connectivity index (χ4n) is 3.56. The van der Waals surface area contributed by atoms with Gasteiger partial charge in [0.25, 0.3) is 0 Å². The number of aromatic hydroxyl groups is 1. The molecule has 0 radical (unpaired) electrons. The van der Waals surface area contributed by atoms with Crippen molar-refractivity contribution in [3.8, 4) is 17.2 Å². The molecule has 1 atom stereocenters. The highest BCUT2D eigenvalue weighted by molar-refractivity contribution is 6.11. The fraction of sp³-hybridized carbons (Fsp3) is 0.350. The Kier molecular flexibility index (Phi) is 3.46. The van der Waals surface area contributed by atoms with Crippen LogP contribution in [0.2, 0.25) is 0 Å². The van der Waals surface area contributed by atoms with Gasteiger partial charge in [-0.25, -0.2) is 4.79 Å². The average Bonchev–Trinajstić information content (AvgIpc) is 3.00. The van der Waals surface area contributed by atoms with Crippen LogP contribution in [0.3, 0.4) is 0 Å². The molecule has 0 fully saturated rings. The highest BCUT2D eigenvalue weighted by Crippen LogP contribution is 2.43. The first kappa shape index (κ1) is 16.7. The number of aliphatic hydroxyl groups is 1. The zero-order valence-corrected chi connectivity index (χ0v) is 15.0. The Hall–Kier alpha value is -2.73. The Balaban J connectivity index is 2.09. The SMILES string of the molecule is COc1cc(O)c2c(c1)cc(C)c1c3c(c(=O)oc12)C[C@H](C(C)(C)O)O3. The van der Waals surface area contributed by atoms with Gasteiger partial charge in [-0.15, -0.1) is 0 Å². The number of rotatable bonds is 2. The van der Waals surface area contributed by atoms with E-state index in [-0.39, 0.29) is 17.8 Å². The van der Waals surface area contributed by atoms with Crippen LogP contribution in [0.1, 0.15) is 25.0 Å². The van der Waals surface area contributed by atoms with Crippen molar-refractivity contribution in [1.82, 2.24) is 0 Å². The smallest absolute Gasteiger partial charge is 0.343 e. The number of phenolic OH excluding ortho intramolecular Hbond substituents is 1. The second-order valence-electron chi connectivity index (χ2n) is 7.30. The molecule has 0 saturated heterocycles. The van der Waals surface area contributed by atoms with Crippen molar-refractivity contribution in [3.63, 3.8) is 0 Å². The third kappa shape index (κ3) is 2.33. The van der Waals surface area contributed by atoms with Crippen molar-refractivity contribution in [2.24, 2.45) is 0 Å². The molecule has 2 heterocycles. The molecule has 0 saturated carbocycles. The van der Waals surface area contributed by atoms with Crippen LogP contribution in [0.5, 0.6) is 17.2 Å². The standard InChI is InChI=1S/C20H20O6/c1-9-5-10-6-11(24-4)7-13(21)16(10)18-15(9)17-12(19(22)26-18)8-14(25-17)20(2,3)23/h5-7,14,21,23H,8H2,1-4H3/t14-/m1/s1. The lowest BCUT2D eigenvalue weighted by molar-refractivity contribution is -0.0225. The van der Waals surface area contributed by atoms with E-state index in [1.54, 1.807) is 19.9 Å². The average molecular weight is 356 g/mol. The van der Waals surface area contributed by atoms with Gasteiger partial charge in [-0.05, 0) is 37.8 Å². The van der Waals surface area contributed by atoms with Crippen molar-refractivity contribution in [2.75, 3.05) is 7.11 Å². The molecule has 1 aliphatic rings. The maximum Gasteiger partial charge on any atom is 0.343 e. The van der Waals surface area contributed by atoms with Crippen molar-refractivity contribution in [1.29, 1.82) is 0 Å². The van der Waals surface area contributed by atoms with Crippen LogP contribution in [0.25, 0.3) is 21.7 Å². The molecule has 136 valence electrons. The quantitative estimate of drug-likeness (QED) is 0.542. The van der Waals surface area contributed by atoms with Gasteiger partial charge >= 0.3 is 5.63 Å². The lowest BCUT2D eigenvalue weighted by atomic mass is 9.96. The first-order valence-corrected chi connectivity index (χ1v) is 8.39. The Morgan fingerprint density at radius 3 is 2.62 bits per heavy atom. The van der Waals surface area contributed by atoms with Gasteiger partial charge < -0.3 is 24.1 Å². The molecular formula is C20H20O6. The molecule has 0 amide bonds. The maximum absolute atomic E-state index is 12.6. The molecule has 2 aromatic carbocycles. The molecule has 2 N–H and O–H groups in total. The van der Waals surface area contributed by atoms with Gasteiger partial charge in [0.1, 0.15) is 23.4 Å². The van der Waals surface area contributed by atoms with E-state index in [1.165, 1.54) is 13.2 Å². The second-order valence-corrected chi connectivity index (χ2v) is 7.30. The van der Waals surface area contributed by atoms with Crippen LogP contribution < -0.4 is 15.1 Å². The zero-order valence-electron chi connectivity index (χ0n) is 15.0. The van der Waals surface area contributed by atoms with E-state index in [1.807, 2.05) is 13.0 Å². The third-order valence-corrected chi connectivity index (χ3v) is 4.96. The van der Waals surface area contributed by atoms with Crippen molar-refractivity contribution in [3.05, 3.63) is 39.7 Å². The summed E-state index contributed by atoms with van der Waals surface area (Å²) in [6.07, 6.45) is -0.256. The minimum absolute atomic E-state index is 0.0375. The van der Waals surface area contributed by atoms with E-state index in [0.717, 1.165) is 5.56 Å². The molecule has 0 aliphatic carbocycles. The van der Waals surface area contributed by atoms with E-state index >= 15 is 0 Å². The molecule has 4 rings (SSSR count). The van der Waals surface area contributed by atoms with Gasteiger partial charge in [0, 0.05) is 12.5 Å². The summed E-state index contributed by atoms with van der Waals surface area (Å²) in [6.45, 7) is 5.18. The summed E-state index contributed by atoms with van der Waals surface area (Å²) in [7, 11) is 1.52. The number of benzene rings is 2. The first-order chi connectivity index (χ1) is 12.2. The second kappa shape index (κ2) is 5.38. The summed E-state index contributed by atoms with van der Waals surface area (Å²) in [5.74, 6) is 0.901. The normalized spacial score (nSPS) is 16.7. The van der Waals surface area contributed by atoms with Crippen LogP contribution in [0, 0.1) is 6.92 Å². The number of methoxy groups -OCH3 is 1. The molecule has 3 aromatic rings. The lowest BCUT2D eigenvalue weighted by Crippen LogP contribution is -2.39. The molecule has 1 aromatic heterocycles. The summed E-state index contributed by atoms with van der Waals surface area (Å²) in [6, 6.07) is 5.14. The highest BCUT2D eigenvalue weighted by atomic mass is 16.5.